The molecule has 108 valence electrons. The zero-order valence-electron chi connectivity index (χ0n) is 12.0. The molecule has 18 heavy (non-hydrogen) atoms. The maximum absolute atomic E-state index is 12.4. The predicted octanol–water partition coefficient (Wildman–Crippen LogP) is 5.00. The first-order valence-corrected chi connectivity index (χ1v) is 9.31. The normalized spacial score (nSPS) is 20.8. The van der Waals surface area contributed by atoms with Gasteiger partial charge in [0.2, 0.25) is 0 Å². The summed E-state index contributed by atoms with van der Waals surface area (Å²) in [6, 6.07) is 0. The summed E-state index contributed by atoms with van der Waals surface area (Å²) in [5.41, 5.74) is 0. The van der Waals surface area contributed by atoms with E-state index in [-0.39, 0.29) is 0 Å². The topological polar surface area (TPSA) is 35.5 Å². The molecule has 0 heterocycles. The van der Waals surface area contributed by atoms with Gasteiger partial charge in [-0.15, -0.1) is 0 Å². The Morgan fingerprint density at radius 3 is 2.44 bits per heavy atom. The van der Waals surface area contributed by atoms with E-state index in [0.717, 1.165) is 25.2 Å². The van der Waals surface area contributed by atoms with Gasteiger partial charge in [0.15, 0.2) is 0 Å². The summed E-state index contributed by atoms with van der Waals surface area (Å²) < 4.78 is 23.3. The third kappa shape index (κ3) is 6.36. The summed E-state index contributed by atoms with van der Waals surface area (Å²) in [6.07, 6.45) is 10.3. The molecule has 1 aliphatic carbocycles. The molecule has 3 nitrogen and oxygen atoms in total. The van der Waals surface area contributed by atoms with Crippen LogP contribution < -0.4 is 0 Å². The second-order valence-electron chi connectivity index (χ2n) is 5.23. The second-order valence-corrected chi connectivity index (χ2v) is 7.42. The molecular formula is C14H29O3P. The fraction of sp³-hybridized carbons (Fsp3) is 1.00. The van der Waals surface area contributed by atoms with Crippen molar-refractivity contribution in [1.29, 1.82) is 0 Å². The molecule has 0 spiro atoms. The van der Waals surface area contributed by atoms with Crippen molar-refractivity contribution in [3.05, 3.63) is 0 Å². The highest BCUT2D eigenvalue weighted by molar-refractivity contribution is 7.53. The van der Waals surface area contributed by atoms with Gasteiger partial charge in [0.25, 0.3) is 0 Å². The van der Waals surface area contributed by atoms with Crippen molar-refractivity contribution in [3.63, 3.8) is 0 Å². The molecule has 0 aliphatic heterocycles. The standard InChI is InChI=1S/C14H29O3P/c1-3-5-13-18(15,16-4-2)17-12-11-14-9-7-6-8-10-14/h14H,3-13H2,1-2H3. The third-order valence-corrected chi connectivity index (χ3v) is 5.74. The molecule has 1 saturated carbocycles. The fourth-order valence-corrected chi connectivity index (χ4v) is 4.36. The van der Waals surface area contributed by atoms with Crippen molar-refractivity contribution in [1.82, 2.24) is 0 Å². The molecule has 0 radical (unpaired) electrons. The van der Waals surface area contributed by atoms with Crippen molar-refractivity contribution in [3.8, 4) is 0 Å². The Labute approximate surface area is 112 Å². The van der Waals surface area contributed by atoms with Gasteiger partial charge < -0.3 is 9.05 Å². The summed E-state index contributed by atoms with van der Waals surface area (Å²) in [4.78, 5) is 0. The van der Waals surface area contributed by atoms with Crippen LogP contribution >= 0.6 is 7.60 Å². The van der Waals surface area contributed by atoms with E-state index < -0.39 is 7.60 Å². The van der Waals surface area contributed by atoms with Gasteiger partial charge in [-0.1, -0.05) is 45.4 Å². The number of unbranched alkanes of at least 4 members (excludes halogenated alkanes) is 1. The van der Waals surface area contributed by atoms with Crippen molar-refractivity contribution < 1.29 is 13.6 Å². The van der Waals surface area contributed by atoms with Crippen LogP contribution in [-0.4, -0.2) is 19.4 Å². The van der Waals surface area contributed by atoms with E-state index in [2.05, 4.69) is 6.92 Å². The lowest BCUT2D eigenvalue weighted by Gasteiger charge is -2.23. The monoisotopic (exact) mass is 276 g/mol. The highest BCUT2D eigenvalue weighted by Crippen LogP contribution is 2.49. The van der Waals surface area contributed by atoms with Crippen molar-refractivity contribution in [2.45, 2.75) is 65.2 Å². The minimum atomic E-state index is -2.80. The van der Waals surface area contributed by atoms with Crippen molar-refractivity contribution >= 4 is 7.60 Å². The van der Waals surface area contributed by atoms with Gasteiger partial charge in [-0.3, -0.25) is 4.57 Å². The van der Waals surface area contributed by atoms with Crippen LogP contribution in [0.1, 0.15) is 65.2 Å². The fourth-order valence-electron chi connectivity index (χ4n) is 2.55. The van der Waals surface area contributed by atoms with E-state index in [1.807, 2.05) is 6.92 Å². The summed E-state index contributed by atoms with van der Waals surface area (Å²) in [5.74, 6) is 0.778. The number of hydrogen-bond acceptors (Lipinski definition) is 3. The van der Waals surface area contributed by atoms with E-state index in [1.165, 1.54) is 32.1 Å². The predicted molar refractivity (Wildman–Crippen MR) is 76.2 cm³/mol. The Kier molecular flexibility index (Phi) is 8.21. The zero-order chi connectivity index (χ0) is 13.3. The molecule has 0 bridgehead atoms. The van der Waals surface area contributed by atoms with Gasteiger partial charge in [-0.2, -0.15) is 0 Å². The second kappa shape index (κ2) is 9.12. The van der Waals surface area contributed by atoms with Crippen LogP contribution in [0.2, 0.25) is 0 Å². The van der Waals surface area contributed by atoms with E-state index in [0.29, 0.717) is 19.4 Å². The van der Waals surface area contributed by atoms with Crippen LogP contribution in [0.3, 0.4) is 0 Å². The largest absolute Gasteiger partial charge is 0.330 e. The van der Waals surface area contributed by atoms with Crippen LogP contribution in [0.25, 0.3) is 0 Å². The van der Waals surface area contributed by atoms with Gasteiger partial charge in [0.05, 0.1) is 19.4 Å². The average Bonchev–Trinajstić information content (AvgIpc) is 2.38. The quantitative estimate of drug-likeness (QED) is 0.556. The number of hydrogen-bond donors (Lipinski definition) is 0. The first-order chi connectivity index (χ1) is 8.70. The number of rotatable bonds is 9. The van der Waals surface area contributed by atoms with Gasteiger partial charge >= 0.3 is 7.60 Å². The Bertz CT molecular complexity index is 249. The molecule has 0 saturated heterocycles. The first kappa shape index (κ1) is 16.2. The van der Waals surface area contributed by atoms with Gasteiger partial charge in [-0.05, 0) is 25.7 Å². The Hall–Kier alpha value is 0.150. The Morgan fingerprint density at radius 2 is 1.83 bits per heavy atom. The van der Waals surface area contributed by atoms with E-state index in [4.69, 9.17) is 9.05 Å². The van der Waals surface area contributed by atoms with Crippen molar-refractivity contribution in [2.75, 3.05) is 19.4 Å². The maximum Gasteiger partial charge on any atom is 0.330 e. The smallest absolute Gasteiger partial charge is 0.309 e. The lowest BCUT2D eigenvalue weighted by atomic mass is 9.87. The first-order valence-electron chi connectivity index (χ1n) is 7.58. The Balaban J connectivity index is 2.25. The minimum absolute atomic E-state index is 0.477. The van der Waals surface area contributed by atoms with E-state index in [1.54, 1.807) is 0 Å². The maximum atomic E-state index is 12.4. The van der Waals surface area contributed by atoms with Crippen LogP contribution in [0.15, 0.2) is 0 Å². The molecule has 0 aromatic heterocycles. The average molecular weight is 276 g/mol. The molecule has 1 atom stereocenters. The molecule has 1 fully saturated rings. The summed E-state index contributed by atoms with van der Waals surface area (Å²) in [5, 5.41) is 0. The molecule has 0 aromatic carbocycles. The van der Waals surface area contributed by atoms with Crippen LogP contribution in [0, 0.1) is 5.92 Å². The van der Waals surface area contributed by atoms with Gasteiger partial charge in [0, 0.05) is 0 Å². The van der Waals surface area contributed by atoms with Crippen LogP contribution in [-0.2, 0) is 13.6 Å². The lowest BCUT2D eigenvalue weighted by Crippen LogP contribution is -2.10. The molecule has 0 N–H and O–H groups in total. The van der Waals surface area contributed by atoms with Crippen LogP contribution in [0.5, 0.6) is 0 Å². The summed E-state index contributed by atoms with van der Waals surface area (Å²) in [6.45, 7) is 5.05. The Morgan fingerprint density at radius 1 is 1.11 bits per heavy atom. The van der Waals surface area contributed by atoms with E-state index >= 15 is 0 Å². The molecule has 1 unspecified atom stereocenters. The van der Waals surface area contributed by atoms with E-state index in [9.17, 15) is 4.57 Å². The molecule has 1 aliphatic rings. The minimum Gasteiger partial charge on any atom is -0.309 e. The molecule has 4 heteroatoms. The highest BCUT2D eigenvalue weighted by atomic mass is 31.2. The van der Waals surface area contributed by atoms with Gasteiger partial charge in [-0.25, -0.2) is 0 Å². The summed E-state index contributed by atoms with van der Waals surface area (Å²) >= 11 is 0. The third-order valence-electron chi connectivity index (χ3n) is 3.65. The van der Waals surface area contributed by atoms with Crippen molar-refractivity contribution in [2.24, 2.45) is 5.92 Å². The molecule has 0 amide bonds. The van der Waals surface area contributed by atoms with Gasteiger partial charge in [0.1, 0.15) is 0 Å². The highest BCUT2D eigenvalue weighted by Gasteiger charge is 2.23. The van der Waals surface area contributed by atoms with Crippen LogP contribution in [0.4, 0.5) is 0 Å². The zero-order valence-corrected chi connectivity index (χ0v) is 12.9. The molecule has 1 rings (SSSR count). The lowest BCUT2D eigenvalue weighted by molar-refractivity contribution is 0.189. The molecular weight excluding hydrogens is 247 g/mol. The SMILES string of the molecule is CCCCP(=O)(OCC)OCCC1CCCCC1. The summed E-state index contributed by atoms with van der Waals surface area (Å²) in [7, 11) is -2.80. The molecule has 0 aromatic rings.